The van der Waals surface area contributed by atoms with Gasteiger partial charge in [-0.25, -0.2) is 4.98 Å². The van der Waals surface area contributed by atoms with Crippen molar-refractivity contribution in [1.82, 2.24) is 4.98 Å². The SMILES string of the molecule is Cc1ccc(CN(C)c2ncccc2CO)o1. The van der Waals surface area contributed by atoms with Crippen LogP contribution in [0.5, 0.6) is 0 Å². The van der Waals surface area contributed by atoms with Crippen molar-refractivity contribution < 1.29 is 9.52 Å². The first-order valence-corrected chi connectivity index (χ1v) is 5.52. The zero-order valence-electron chi connectivity index (χ0n) is 10.1. The number of aryl methyl sites for hydroxylation is 1. The summed E-state index contributed by atoms with van der Waals surface area (Å²) in [6.07, 6.45) is 1.72. The van der Waals surface area contributed by atoms with Gasteiger partial charge in [0.05, 0.1) is 13.2 Å². The highest BCUT2D eigenvalue weighted by Crippen LogP contribution is 2.18. The van der Waals surface area contributed by atoms with Crippen LogP contribution in [0.4, 0.5) is 5.82 Å². The van der Waals surface area contributed by atoms with E-state index in [9.17, 15) is 5.11 Å². The Morgan fingerprint density at radius 3 is 2.82 bits per heavy atom. The van der Waals surface area contributed by atoms with E-state index in [1.807, 2.05) is 43.1 Å². The lowest BCUT2D eigenvalue weighted by Crippen LogP contribution is -2.19. The number of aliphatic hydroxyl groups is 1. The van der Waals surface area contributed by atoms with Crippen LogP contribution < -0.4 is 4.90 Å². The van der Waals surface area contributed by atoms with Crippen LogP contribution in [0.25, 0.3) is 0 Å². The standard InChI is InChI=1S/C13H16N2O2/c1-10-5-6-12(17-10)8-15(2)13-11(9-16)4-3-7-14-13/h3-7,16H,8-9H2,1-2H3. The molecule has 2 aromatic rings. The van der Waals surface area contributed by atoms with Crippen molar-refractivity contribution in [3.8, 4) is 0 Å². The number of anilines is 1. The smallest absolute Gasteiger partial charge is 0.134 e. The Morgan fingerprint density at radius 2 is 2.18 bits per heavy atom. The number of nitrogens with zero attached hydrogens (tertiary/aromatic N) is 2. The van der Waals surface area contributed by atoms with Crippen LogP contribution in [0.2, 0.25) is 0 Å². The topological polar surface area (TPSA) is 49.5 Å². The molecule has 0 saturated carbocycles. The van der Waals surface area contributed by atoms with Gasteiger partial charge in [-0.3, -0.25) is 0 Å². The first-order valence-electron chi connectivity index (χ1n) is 5.52. The zero-order valence-corrected chi connectivity index (χ0v) is 10.1. The molecule has 0 amide bonds. The number of aromatic nitrogens is 1. The predicted octanol–water partition coefficient (Wildman–Crippen LogP) is 2.11. The number of pyridine rings is 1. The van der Waals surface area contributed by atoms with E-state index in [0.29, 0.717) is 6.54 Å². The molecule has 0 saturated heterocycles. The molecule has 2 heterocycles. The number of hydrogen-bond donors (Lipinski definition) is 1. The van der Waals surface area contributed by atoms with Gasteiger partial charge in [-0.05, 0) is 25.1 Å². The monoisotopic (exact) mass is 232 g/mol. The highest BCUT2D eigenvalue weighted by Gasteiger charge is 2.10. The van der Waals surface area contributed by atoms with Crippen LogP contribution in [-0.4, -0.2) is 17.1 Å². The average molecular weight is 232 g/mol. The average Bonchev–Trinajstić information content (AvgIpc) is 2.74. The summed E-state index contributed by atoms with van der Waals surface area (Å²) >= 11 is 0. The maximum Gasteiger partial charge on any atom is 0.134 e. The van der Waals surface area contributed by atoms with Crippen LogP contribution in [-0.2, 0) is 13.2 Å². The Bertz CT molecular complexity index is 494. The number of furan rings is 1. The molecule has 0 bridgehead atoms. The summed E-state index contributed by atoms with van der Waals surface area (Å²) in [7, 11) is 1.93. The summed E-state index contributed by atoms with van der Waals surface area (Å²) in [5, 5.41) is 9.25. The molecule has 2 aromatic heterocycles. The minimum Gasteiger partial charge on any atom is -0.464 e. The summed E-state index contributed by atoms with van der Waals surface area (Å²) in [5.41, 5.74) is 0.818. The van der Waals surface area contributed by atoms with Crippen LogP contribution >= 0.6 is 0 Å². The van der Waals surface area contributed by atoms with Gasteiger partial charge in [0.25, 0.3) is 0 Å². The Morgan fingerprint density at radius 1 is 1.35 bits per heavy atom. The maximum absolute atomic E-state index is 9.25. The minimum absolute atomic E-state index is 0.00923. The fraction of sp³-hybridized carbons (Fsp3) is 0.308. The highest BCUT2D eigenvalue weighted by molar-refractivity contribution is 5.45. The van der Waals surface area contributed by atoms with E-state index >= 15 is 0 Å². The van der Waals surface area contributed by atoms with Crippen molar-refractivity contribution in [2.45, 2.75) is 20.1 Å². The number of hydrogen-bond acceptors (Lipinski definition) is 4. The van der Waals surface area contributed by atoms with Crippen molar-refractivity contribution in [2.75, 3.05) is 11.9 Å². The Kier molecular flexibility index (Phi) is 3.44. The van der Waals surface area contributed by atoms with Crippen molar-refractivity contribution in [3.05, 3.63) is 47.5 Å². The van der Waals surface area contributed by atoms with E-state index in [-0.39, 0.29) is 6.61 Å². The largest absolute Gasteiger partial charge is 0.464 e. The summed E-state index contributed by atoms with van der Waals surface area (Å²) in [6, 6.07) is 7.58. The summed E-state index contributed by atoms with van der Waals surface area (Å²) < 4.78 is 5.52. The predicted molar refractivity (Wildman–Crippen MR) is 65.7 cm³/mol. The molecule has 0 unspecified atom stereocenters. The second-order valence-corrected chi connectivity index (χ2v) is 4.01. The molecule has 2 rings (SSSR count). The highest BCUT2D eigenvalue weighted by atomic mass is 16.3. The molecular weight excluding hydrogens is 216 g/mol. The summed E-state index contributed by atoms with van der Waals surface area (Å²) in [6.45, 7) is 2.55. The maximum atomic E-state index is 9.25. The Labute approximate surface area is 101 Å². The zero-order chi connectivity index (χ0) is 12.3. The van der Waals surface area contributed by atoms with Crippen molar-refractivity contribution >= 4 is 5.82 Å². The van der Waals surface area contributed by atoms with Gasteiger partial charge < -0.3 is 14.4 Å². The number of rotatable bonds is 4. The molecule has 0 spiro atoms. The van der Waals surface area contributed by atoms with Crippen LogP contribution in [0.3, 0.4) is 0 Å². The molecule has 90 valence electrons. The van der Waals surface area contributed by atoms with Gasteiger partial charge in [-0.2, -0.15) is 0 Å². The third kappa shape index (κ3) is 2.65. The van der Waals surface area contributed by atoms with Gasteiger partial charge in [0.1, 0.15) is 17.3 Å². The first-order chi connectivity index (χ1) is 8.20. The number of aliphatic hydroxyl groups excluding tert-OH is 1. The van der Waals surface area contributed by atoms with Gasteiger partial charge in [-0.1, -0.05) is 6.07 Å². The second kappa shape index (κ2) is 5.01. The van der Waals surface area contributed by atoms with Crippen molar-refractivity contribution in [3.63, 3.8) is 0 Å². The lowest BCUT2D eigenvalue weighted by molar-refractivity contribution is 0.281. The van der Waals surface area contributed by atoms with E-state index in [0.717, 1.165) is 22.9 Å². The molecule has 0 aromatic carbocycles. The summed E-state index contributed by atoms with van der Waals surface area (Å²) in [4.78, 5) is 6.24. The van der Waals surface area contributed by atoms with Crippen LogP contribution in [0, 0.1) is 6.92 Å². The lowest BCUT2D eigenvalue weighted by Gasteiger charge is -2.19. The molecule has 17 heavy (non-hydrogen) atoms. The van der Waals surface area contributed by atoms with Crippen LogP contribution in [0.15, 0.2) is 34.9 Å². The van der Waals surface area contributed by atoms with Gasteiger partial charge >= 0.3 is 0 Å². The molecule has 0 fully saturated rings. The Balaban J connectivity index is 2.16. The van der Waals surface area contributed by atoms with E-state index < -0.39 is 0 Å². The lowest BCUT2D eigenvalue weighted by atomic mass is 10.2. The third-order valence-electron chi connectivity index (χ3n) is 2.59. The van der Waals surface area contributed by atoms with Crippen LogP contribution in [0.1, 0.15) is 17.1 Å². The molecule has 4 nitrogen and oxygen atoms in total. The fourth-order valence-corrected chi connectivity index (χ4v) is 1.78. The quantitative estimate of drug-likeness (QED) is 0.877. The first kappa shape index (κ1) is 11.7. The van der Waals surface area contributed by atoms with E-state index in [1.165, 1.54) is 0 Å². The second-order valence-electron chi connectivity index (χ2n) is 4.01. The molecule has 4 heteroatoms. The van der Waals surface area contributed by atoms with E-state index in [2.05, 4.69) is 4.98 Å². The third-order valence-corrected chi connectivity index (χ3v) is 2.59. The molecule has 0 atom stereocenters. The van der Waals surface area contributed by atoms with Gasteiger partial charge in [0, 0.05) is 18.8 Å². The van der Waals surface area contributed by atoms with Gasteiger partial charge in [0.2, 0.25) is 0 Å². The molecule has 0 aliphatic rings. The summed E-state index contributed by atoms with van der Waals surface area (Å²) in [5.74, 6) is 2.57. The molecule has 0 aliphatic carbocycles. The Hall–Kier alpha value is -1.81. The molecular formula is C13H16N2O2. The van der Waals surface area contributed by atoms with E-state index in [4.69, 9.17) is 4.42 Å². The molecule has 0 aliphatic heterocycles. The van der Waals surface area contributed by atoms with E-state index in [1.54, 1.807) is 6.20 Å². The molecule has 0 radical (unpaired) electrons. The minimum atomic E-state index is -0.00923. The van der Waals surface area contributed by atoms with Crippen molar-refractivity contribution in [1.29, 1.82) is 0 Å². The van der Waals surface area contributed by atoms with Crippen molar-refractivity contribution in [2.24, 2.45) is 0 Å². The normalized spacial score (nSPS) is 10.5. The molecule has 1 N–H and O–H groups in total. The fourth-order valence-electron chi connectivity index (χ4n) is 1.78. The van der Waals surface area contributed by atoms with Gasteiger partial charge in [-0.15, -0.1) is 0 Å². The van der Waals surface area contributed by atoms with Gasteiger partial charge in [0.15, 0.2) is 0 Å².